The third kappa shape index (κ3) is 9.14. The molecule has 0 bridgehead atoms. The first-order valence-electron chi connectivity index (χ1n) is 3.61. The molecule has 0 saturated carbocycles. The summed E-state index contributed by atoms with van der Waals surface area (Å²) in [4.78, 5) is 37.8. The van der Waals surface area contributed by atoms with E-state index < -0.39 is 25.7 Å². The fourth-order valence-electron chi connectivity index (χ4n) is 0.553. The molecule has 0 heterocycles. The van der Waals surface area contributed by atoms with Crippen LogP contribution in [0.3, 0.4) is 0 Å². The molecule has 6 N–H and O–H groups in total. The van der Waals surface area contributed by atoms with Gasteiger partial charge in [-0.3, -0.25) is 19.5 Å². The molecule has 0 aliphatic heterocycles. The third-order valence-electron chi connectivity index (χ3n) is 1.07. The van der Waals surface area contributed by atoms with Crippen LogP contribution in [0.2, 0.25) is 0 Å². The normalized spacial score (nSPS) is 11.0. The molecule has 0 saturated heterocycles. The highest BCUT2D eigenvalue weighted by Gasteiger charge is 2.13. The van der Waals surface area contributed by atoms with Gasteiger partial charge in [-0.2, -0.15) is 0 Å². The van der Waals surface area contributed by atoms with E-state index in [1.165, 1.54) is 0 Å². The van der Waals surface area contributed by atoms with Gasteiger partial charge in [-0.25, -0.2) is 0 Å². The highest BCUT2D eigenvalue weighted by atomic mass is 31.2. The van der Waals surface area contributed by atoms with Crippen LogP contribution < -0.4 is 16.4 Å². The lowest BCUT2D eigenvalue weighted by Crippen LogP contribution is -2.38. The Hall–Kier alpha value is -0.950. The Morgan fingerprint density at radius 1 is 1.29 bits per heavy atom. The number of carbonyl (C=O) groups is 2. The molecule has 0 unspecified atom stereocenters. The number of carbonyl (C=O) groups excluding carboxylic acids is 2. The fourth-order valence-corrected chi connectivity index (χ4v) is 0.935. The molecule has 0 atom stereocenters. The van der Waals surface area contributed by atoms with E-state index in [0.29, 0.717) is 0 Å². The molecule has 0 radical (unpaired) electrons. The number of hydrogen-bond acceptors (Lipinski definition) is 4. The fraction of sp³-hybridized carbons (Fsp3) is 0.600. The van der Waals surface area contributed by atoms with E-state index in [1.54, 1.807) is 0 Å². The predicted octanol–water partition coefficient (Wildman–Crippen LogP) is -2.69. The van der Waals surface area contributed by atoms with Crippen molar-refractivity contribution in [3.63, 3.8) is 0 Å². The molecular weight excluding hydrogens is 213 g/mol. The number of nitrogens with one attached hydrogen (secondary N) is 2. The van der Waals surface area contributed by atoms with Crippen LogP contribution in [-0.4, -0.2) is 41.0 Å². The van der Waals surface area contributed by atoms with Crippen LogP contribution >= 0.6 is 7.60 Å². The van der Waals surface area contributed by atoms with Crippen molar-refractivity contribution >= 4 is 19.4 Å². The van der Waals surface area contributed by atoms with Gasteiger partial charge in [-0.1, -0.05) is 0 Å². The highest BCUT2D eigenvalue weighted by molar-refractivity contribution is 7.51. The average Bonchev–Trinajstić information content (AvgIpc) is 1.99. The number of amides is 2. The van der Waals surface area contributed by atoms with Crippen LogP contribution in [0.15, 0.2) is 0 Å². The van der Waals surface area contributed by atoms with Crippen LogP contribution in [-0.2, 0) is 14.2 Å². The standard InChI is InChI=1S/C5H12N3O5P/c6-4(9)1-7-2-5(10)8-3-14(11,12)13/h7H,1-3H2,(H2,6,9)(H,8,10)(H2,11,12,13). The first-order valence-corrected chi connectivity index (χ1v) is 5.41. The van der Waals surface area contributed by atoms with Crippen LogP contribution in [0, 0.1) is 0 Å². The highest BCUT2D eigenvalue weighted by Crippen LogP contribution is 2.31. The summed E-state index contributed by atoms with van der Waals surface area (Å²) in [6, 6.07) is 0. The van der Waals surface area contributed by atoms with Gasteiger partial charge in [-0.05, 0) is 0 Å². The summed E-state index contributed by atoms with van der Waals surface area (Å²) in [7, 11) is -4.22. The molecule has 0 aliphatic rings. The smallest absolute Gasteiger partial charge is 0.344 e. The topological polar surface area (TPSA) is 142 Å². The SMILES string of the molecule is NC(=O)CNCC(=O)NCP(=O)(O)O. The second-order valence-corrected chi connectivity index (χ2v) is 4.14. The molecule has 8 nitrogen and oxygen atoms in total. The summed E-state index contributed by atoms with van der Waals surface area (Å²) in [6.45, 7) is -0.383. The van der Waals surface area contributed by atoms with Gasteiger partial charge in [0.05, 0.1) is 13.1 Å². The van der Waals surface area contributed by atoms with Crippen molar-refractivity contribution in [3.05, 3.63) is 0 Å². The molecule has 0 rings (SSSR count). The quantitative estimate of drug-likeness (QED) is 0.312. The summed E-state index contributed by atoms with van der Waals surface area (Å²) in [5, 5.41) is 4.36. The van der Waals surface area contributed by atoms with Crippen molar-refractivity contribution in [1.82, 2.24) is 10.6 Å². The number of primary amides is 1. The van der Waals surface area contributed by atoms with E-state index in [2.05, 4.69) is 5.32 Å². The van der Waals surface area contributed by atoms with Gasteiger partial charge < -0.3 is 20.8 Å². The van der Waals surface area contributed by atoms with Gasteiger partial charge in [0.25, 0.3) is 0 Å². The third-order valence-corrected chi connectivity index (χ3v) is 1.64. The largest absolute Gasteiger partial charge is 0.369 e. The summed E-state index contributed by atoms with van der Waals surface area (Å²) in [5.41, 5.74) is 4.76. The number of nitrogens with two attached hydrogens (primary N) is 1. The van der Waals surface area contributed by atoms with Gasteiger partial charge >= 0.3 is 7.60 Å². The van der Waals surface area contributed by atoms with E-state index in [0.717, 1.165) is 0 Å². The maximum absolute atomic E-state index is 10.8. The van der Waals surface area contributed by atoms with Gasteiger partial charge in [0, 0.05) is 0 Å². The summed E-state index contributed by atoms with van der Waals surface area (Å²) < 4.78 is 10.3. The van der Waals surface area contributed by atoms with E-state index in [4.69, 9.17) is 15.5 Å². The van der Waals surface area contributed by atoms with Crippen molar-refractivity contribution in [2.24, 2.45) is 5.73 Å². The van der Waals surface area contributed by atoms with Crippen molar-refractivity contribution in [1.29, 1.82) is 0 Å². The van der Waals surface area contributed by atoms with Crippen molar-refractivity contribution < 1.29 is 23.9 Å². The monoisotopic (exact) mass is 225 g/mol. The summed E-state index contributed by atoms with van der Waals surface area (Å²) in [6.07, 6.45) is -0.718. The Balaban J connectivity index is 3.57. The molecule has 9 heteroatoms. The number of hydrogen-bond donors (Lipinski definition) is 5. The lowest BCUT2D eigenvalue weighted by molar-refractivity contribution is -0.120. The lowest BCUT2D eigenvalue weighted by Gasteiger charge is -2.06. The minimum Gasteiger partial charge on any atom is -0.369 e. The first-order chi connectivity index (χ1) is 6.31. The van der Waals surface area contributed by atoms with Gasteiger partial charge in [-0.15, -0.1) is 0 Å². The zero-order chi connectivity index (χ0) is 11.2. The molecule has 0 spiro atoms. The second-order valence-electron chi connectivity index (χ2n) is 2.49. The Morgan fingerprint density at radius 3 is 2.29 bits per heavy atom. The zero-order valence-electron chi connectivity index (χ0n) is 7.27. The Labute approximate surface area is 80.0 Å². The van der Waals surface area contributed by atoms with Gasteiger partial charge in [0.2, 0.25) is 11.8 Å². The minimum atomic E-state index is -4.22. The van der Waals surface area contributed by atoms with Crippen LogP contribution in [0.5, 0.6) is 0 Å². The Kier molecular flexibility index (Phi) is 5.32. The van der Waals surface area contributed by atoms with Crippen LogP contribution in [0.1, 0.15) is 0 Å². The first kappa shape index (κ1) is 13.1. The summed E-state index contributed by atoms with van der Waals surface area (Å²) >= 11 is 0. The average molecular weight is 225 g/mol. The maximum Gasteiger partial charge on any atom is 0.344 e. The second kappa shape index (κ2) is 5.71. The van der Waals surface area contributed by atoms with Crippen LogP contribution in [0.4, 0.5) is 0 Å². The maximum atomic E-state index is 10.8. The Bertz CT molecular complexity index is 262. The number of rotatable bonds is 6. The molecule has 2 amide bonds. The molecule has 82 valence electrons. The van der Waals surface area contributed by atoms with E-state index in [9.17, 15) is 14.2 Å². The lowest BCUT2D eigenvalue weighted by atomic mass is 10.5. The molecule has 0 aromatic rings. The van der Waals surface area contributed by atoms with Crippen LogP contribution in [0.25, 0.3) is 0 Å². The van der Waals surface area contributed by atoms with Crippen molar-refractivity contribution in [3.8, 4) is 0 Å². The molecular formula is C5H12N3O5P. The van der Waals surface area contributed by atoms with Crippen molar-refractivity contribution in [2.45, 2.75) is 0 Å². The molecule has 0 aromatic heterocycles. The van der Waals surface area contributed by atoms with E-state index in [-0.39, 0.29) is 13.1 Å². The molecule has 0 aromatic carbocycles. The van der Waals surface area contributed by atoms with Crippen molar-refractivity contribution in [2.75, 3.05) is 19.4 Å². The zero-order valence-corrected chi connectivity index (χ0v) is 8.16. The Morgan fingerprint density at radius 2 is 1.86 bits per heavy atom. The molecule has 14 heavy (non-hydrogen) atoms. The van der Waals surface area contributed by atoms with E-state index in [1.807, 2.05) is 5.32 Å². The minimum absolute atomic E-state index is 0.163. The molecule has 0 fully saturated rings. The van der Waals surface area contributed by atoms with Gasteiger partial charge in [0.15, 0.2) is 0 Å². The predicted molar refractivity (Wildman–Crippen MR) is 47.1 cm³/mol. The van der Waals surface area contributed by atoms with Gasteiger partial charge in [0.1, 0.15) is 6.29 Å². The van der Waals surface area contributed by atoms with E-state index >= 15 is 0 Å². The molecule has 0 aliphatic carbocycles. The summed E-state index contributed by atoms with van der Waals surface area (Å²) in [5.74, 6) is -1.23.